The van der Waals surface area contributed by atoms with Crippen molar-refractivity contribution in [2.45, 2.75) is 24.9 Å². The molecule has 1 aliphatic carbocycles. The summed E-state index contributed by atoms with van der Waals surface area (Å²) >= 11 is 1.13. The predicted octanol–water partition coefficient (Wildman–Crippen LogP) is 3.78. The Kier molecular flexibility index (Phi) is 5.10. The number of halogens is 2. The van der Waals surface area contributed by atoms with E-state index >= 15 is 0 Å². The highest BCUT2D eigenvalue weighted by Gasteiger charge is 2.40. The minimum absolute atomic E-state index is 0.317. The van der Waals surface area contributed by atoms with E-state index in [2.05, 4.69) is 4.98 Å². The highest BCUT2D eigenvalue weighted by Crippen LogP contribution is 2.42. The zero-order valence-electron chi connectivity index (χ0n) is 15.2. The van der Waals surface area contributed by atoms with Gasteiger partial charge >= 0.3 is 0 Å². The lowest BCUT2D eigenvalue weighted by molar-refractivity contribution is -0.123. The second kappa shape index (κ2) is 7.71. The lowest BCUT2D eigenvalue weighted by atomic mass is 9.99. The first-order valence-electron chi connectivity index (χ1n) is 9.00. The highest BCUT2D eigenvalue weighted by atomic mass is 32.1. The van der Waals surface area contributed by atoms with Crippen molar-refractivity contribution in [3.8, 4) is 0 Å². The fraction of sp³-hybridized carbons (Fsp3) is 0.190. The Labute approximate surface area is 169 Å². The van der Waals surface area contributed by atoms with Crippen LogP contribution in [-0.2, 0) is 11.2 Å². The van der Waals surface area contributed by atoms with Gasteiger partial charge < -0.3 is 10.6 Å². The normalized spacial score (nSPS) is 16.3. The molecule has 0 saturated carbocycles. The topological polar surface area (TPSA) is 76.3 Å². The van der Waals surface area contributed by atoms with Crippen molar-refractivity contribution in [2.75, 3.05) is 0 Å². The molecule has 1 aromatic heterocycles. The molecular formula is C21H17F2N3O2S. The van der Waals surface area contributed by atoms with E-state index in [1.807, 2.05) is 0 Å². The molecule has 2 N–H and O–H groups in total. The Morgan fingerprint density at radius 2 is 1.97 bits per heavy atom. The van der Waals surface area contributed by atoms with Crippen molar-refractivity contribution >= 4 is 23.2 Å². The van der Waals surface area contributed by atoms with Crippen molar-refractivity contribution in [2.24, 2.45) is 5.73 Å². The van der Waals surface area contributed by atoms with Gasteiger partial charge in [-0.3, -0.25) is 14.6 Å². The van der Waals surface area contributed by atoms with Crippen molar-refractivity contribution in [1.29, 1.82) is 0 Å². The number of thiazole rings is 1. The largest absolute Gasteiger partial charge is 0.368 e. The van der Waals surface area contributed by atoms with E-state index < -0.39 is 35.5 Å². The molecule has 5 nitrogen and oxygen atoms in total. The van der Waals surface area contributed by atoms with Crippen molar-refractivity contribution in [1.82, 2.24) is 9.88 Å². The number of aromatic nitrogens is 1. The number of carbonyl (C=O) groups is 2. The van der Waals surface area contributed by atoms with E-state index in [1.165, 1.54) is 22.7 Å². The molecule has 3 aromatic rings. The summed E-state index contributed by atoms with van der Waals surface area (Å²) in [4.78, 5) is 31.5. The lowest BCUT2D eigenvalue weighted by Gasteiger charge is -2.35. The first-order valence-corrected chi connectivity index (χ1v) is 9.88. The van der Waals surface area contributed by atoms with Gasteiger partial charge in [0.15, 0.2) is 0 Å². The maximum absolute atomic E-state index is 14.3. The molecule has 1 heterocycles. The van der Waals surface area contributed by atoms with Crippen LogP contribution < -0.4 is 5.73 Å². The fourth-order valence-electron chi connectivity index (χ4n) is 3.89. The summed E-state index contributed by atoms with van der Waals surface area (Å²) in [5.41, 5.74) is 8.47. The molecule has 4 rings (SSSR count). The summed E-state index contributed by atoms with van der Waals surface area (Å²) in [6.07, 6.45) is 2.10. The molecule has 0 fully saturated rings. The van der Waals surface area contributed by atoms with Crippen LogP contribution in [0.2, 0.25) is 0 Å². The van der Waals surface area contributed by atoms with Gasteiger partial charge in [-0.05, 0) is 35.6 Å². The van der Waals surface area contributed by atoms with Gasteiger partial charge in [0.2, 0.25) is 5.91 Å². The number of hydrogen-bond acceptors (Lipinski definition) is 4. The standard InChI is InChI=1S/C21H17F2N3O2S/c22-13-8-15-14(16(23)9-13)6-7-17(15)26(21(28)18-10-25-11-29-18)19(20(24)27)12-4-2-1-3-5-12/h1-5,8-11,17,19H,6-7H2,(H2,24,27)/t17-,19?/m1/s1. The summed E-state index contributed by atoms with van der Waals surface area (Å²) in [7, 11) is 0. The van der Waals surface area contributed by atoms with Gasteiger partial charge in [-0.15, -0.1) is 11.3 Å². The minimum Gasteiger partial charge on any atom is -0.368 e. The van der Waals surface area contributed by atoms with E-state index in [9.17, 15) is 18.4 Å². The van der Waals surface area contributed by atoms with Crippen molar-refractivity contribution in [3.63, 3.8) is 0 Å². The number of amides is 2. The van der Waals surface area contributed by atoms with Crippen molar-refractivity contribution < 1.29 is 18.4 Å². The third-order valence-electron chi connectivity index (χ3n) is 5.10. The summed E-state index contributed by atoms with van der Waals surface area (Å²) in [5, 5.41) is 0. The number of primary amides is 1. The SMILES string of the molecule is NC(=O)C(c1ccccc1)N(C(=O)c1cncs1)[C@@H]1CCc2c(F)cc(F)cc21. The molecule has 8 heteroatoms. The van der Waals surface area contributed by atoms with Crippen LogP contribution in [0.4, 0.5) is 8.78 Å². The zero-order chi connectivity index (χ0) is 20.5. The zero-order valence-corrected chi connectivity index (χ0v) is 16.0. The quantitative estimate of drug-likeness (QED) is 0.692. The van der Waals surface area contributed by atoms with Crippen LogP contribution in [-0.4, -0.2) is 21.7 Å². The molecule has 0 aliphatic heterocycles. The molecule has 0 bridgehead atoms. The van der Waals surface area contributed by atoms with Gasteiger partial charge in [0.25, 0.3) is 5.91 Å². The Morgan fingerprint density at radius 1 is 1.21 bits per heavy atom. The Hall–Kier alpha value is -3.13. The minimum atomic E-state index is -1.09. The van der Waals surface area contributed by atoms with Crippen LogP contribution in [0.15, 0.2) is 54.2 Å². The molecule has 0 saturated heterocycles. The number of fused-ring (bicyclic) bond motifs is 1. The van der Waals surface area contributed by atoms with Gasteiger partial charge in [-0.1, -0.05) is 30.3 Å². The summed E-state index contributed by atoms with van der Waals surface area (Å²) in [5.74, 6) is -2.56. The van der Waals surface area contributed by atoms with E-state index in [4.69, 9.17) is 5.73 Å². The fourth-order valence-corrected chi connectivity index (χ4v) is 4.46. The second-order valence-electron chi connectivity index (χ2n) is 6.80. The average Bonchev–Trinajstić information content (AvgIpc) is 3.36. The number of rotatable bonds is 5. The van der Waals surface area contributed by atoms with Gasteiger partial charge in [0, 0.05) is 6.07 Å². The first-order chi connectivity index (χ1) is 14.0. The lowest BCUT2D eigenvalue weighted by Crippen LogP contribution is -2.43. The summed E-state index contributed by atoms with van der Waals surface area (Å²) in [6.45, 7) is 0. The molecule has 1 aliphatic rings. The van der Waals surface area contributed by atoms with Crippen LogP contribution in [0.25, 0.3) is 0 Å². The monoisotopic (exact) mass is 413 g/mol. The average molecular weight is 413 g/mol. The molecule has 1 unspecified atom stereocenters. The summed E-state index contributed by atoms with van der Waals surface area (Å²) in [6, 6.07) is 8.94. The number of benzene rings is 2. The number of nitrogens with zero attached hydrogens (tertiary/aromatic N) is 2. The molecule has 0 spiro atoms. The Morgan fingerprint density at radius 3 is 2.62 bits per heavy atom. The van der Waals surface area contributed by atoms with Crippen LogP contribution >= 0.6 is 11.3 Å². The molecule has 2 amide bonds. The van der Waals surface area contributed by atoms with Crippen LogP contribution in [0.1, 0.15) is 44.9 Å². The Balaban J connectivity index is 1.87. The predicted molar refractivity (Wildman–Crippen MR) is 104 cm³/mol. The maximum atomic E-state index is 14.3. The molecule has 0 radical (unpaired) electrons. The van der Waals surface area contributed by atoms with E-state index in [-0.39, 0.29) is 0 Å². The third kappa shape index (κ3) is 3.51. The van der Waals surface area contributed by atoms with Gasteiger partial charge in [-0.25, -0.2) is 8.78 Å². The molecule has 148 valence electrons. The van der Waals surface area contributed by atoms with Gasteiger partial charge in [0.1, 0.15) is 22.6 Å². The number of hydrogen-bond donors (Lipinski definition) is 1. The van der Waals surface area contributed by atoms with Crippen LogP contribution in [0, 0.1) is 11.6 Å². The summed E-state index contributed by atoms with van der Waals surface area (Å²) < 4.78 is 28.3. The van der Waals surface area contributed by atoms with Crippen LogP contribution in [0.3, 0.4) is 0 Å². The van der Waals surface area contributed by atoms with E-state index in [0.29, 0.717) is 34.4 Å². The second-order valence-corrected chi connectivity index (χ2v) is 7.69. The Bertz CT molecular complexity index is 1060. The van der Waals surface area contributed by atoms with E-state index in [0.717, 1.165) is 17.4 Å². The van der Waals surface area contributed by atoms with Crippen molar-refractivity contribution in [3.05, 3.63) is 87.4 Å². The maximum Gasteiger partial charge on any atom is 0.267 e. The van der Waals surface area contributed by atoms with Gasteiger partial charge in [-0.2, -0.15) is 0 Å². The molecular weight excluding hydrogens is 396 g/mol. The first kappa shape index (κ1) is 19.2. The van der Waals surface area contributed by atoms with Gasteiger partial charge in [0.05, 0.1) is 17.7 Å². The van der Waals surface area contributed by atoms with E-state index in [1.54, 1.807) is 30.3 Å². The molecule has 29 heavy (non-hydrogen) atoms. The number of nitrogens with two attached hydrogens (primary N) is 1. The smallest absolute Gasteiger partial charge is 0.267 e. The highest BCUT2D eigenvalue weighted by molar-refractivity contribution is 7.11. The molecule has 2 aromatic carbocycles. The third-order valence-corrected chi connectivity index (χ3v) is 5.86. The molecule has 2 atom stereocenters. The number of carbonyl (C=O) groups excluding carboxylic acids is 2. The van der Waals surface area contributed by atoms with Crippen LogP contribution in [0.5, 0.6) is 0 Å².